The number of hydrogen-bond acceptors (Lipinski definition) is 3. The zero-order valence-corrected chi connectivity index (χ0v) is 10.7. The Labute approximate surface area is 109 Å². The first-order valence-electron chi connectivity index (χ1n) is 5.01. The monoisotopic (exact) mass is 272 g/mol. The Morgan fingerprint density at radius 1 is 1.50 bits per heavy atom. The zero-order chi connectivity index (χ0) is 13.7. The average Bonchev–Trinajstić information content (AvgIpc) is 2.31. The minimum absolute atomic E-state index is 0.341. The quantitative estimate of drug-likeness (QED) is 0.877. The first-order valence-corrected chi connectivity index (χ1v) is 5.39. The molecule has 0 aliphatic rings. The predicted octanol–water partition coefficient (Wildman–Crippen LogP) is 1.90. The molecule has 0 fully saturated rings. The number of hydrogen-bond donors (Lipinski definition) is 2. The molecule has 0 saturated carbocycles. The molecule has 1 aromatic rings. The molecule has 0 atom stereocenters. The van der Waals surface area contributed by atoms with Crippen molar-refractivity contribution >= 4 is 29.3 Å². The van der Waals surface area contributed by atoms with Crippen molar-refractivity contribution in [3.05, 3.63) is 23.2 Å². The van der Waals surface area contributed by atoms with Crippen molar-refractivity contribution in [3.8, 4) is 5.75 Å². The Hall–Kier alpha value is -1.95. The number of amides is 2. The number of likely N-dealkylation sites (N-methyl/N-ethyl adjacent to an activating group) is 1. The molecule has 0 radical (unpaired) electrons. The van der Waals surface area contributed by atoms with Crippen LogP contribution in [-0.2, 0) is 4.79 Å². The van der Waals surface area contributed by atoms with E-state index >= 15 is 0 Å². The van der Waals surface area contributed by atoms with Crippen LogP contribution in [0.1, 0.15) is 0 Å². The maximum atomic E-state index is 11.7. The third-order valence-electron chi connectivity index (χ3n) is 2.13. The summed E-state index contributed by atoms with van der Waals surface area (Å²) in [7, 11) is 2.86. The molecule has 0 heterocycles. The van der Waals surface area contributed by atoms with E-state index in [1.807, 2.05) is 0 Å². The van der Waals surface area contributed by atoms with E-state index in [0.29, 0.717) is 16.5 Å². The number of rotatable bonds is 4. The van der Waals surface area contributed by atoms with Crippen molar-refractivity contribution in [3.63, 3.8) is 0 Å². The fourth-order valence-corrected chi connectivity index (χ4v) is 1.38. The lowest BCUT2D eigenvalue weighted by atomic mass is 10.3. The molecule has 2 amide bonds. The molecule has 0 bridgehead atoms. The van der Waals surface area contributed by atoms with Gasteiger partial charge in [-0.25, -0.2) is 4.79 Å². The van der Waals surface area contributed by atoms with Crippen LogP contribution in [0, 0.1) is 0 Å². The summed E-state index contributed by atoms with van der Waals surface area (Å²) in [6.45, 7) is -0.395. The predicted molar refractivity (Wildman–Crippen MR) is 67.3 cm³/mol. The highest BCUT2D eigenvalue weighted by molar-refractivity contribution is 6.33. The van der Waals surface area contributed by atoms with Gasteiger partial charge in [0.25, 0.3) is 0 Å². The summed E-state index contributed by atoms with van der Waals surface area (Å²) in [6.07, 6.45) is 0. The molecule has 0 aliphatic heterocycles. The van der Waals surface area contributed by atoms with Crippen LogP contribution in [-0.4, -0.2) is 42.7 Å². The summed E-state index contributed by atoms with van der Waals surface area (Å²) in [5.74, 6) is -0.556. The summed E-state index contributed by atoms with van der Waals surface area (Å²) >= 11 is 5.90. The molecule has 1 rings (SSSR count). The third kappa shape index (κ3) is 3.81. The van der Waals surface area contributed by atoms with E-state index in [-0.39, 0.29) is 0 Å². The van der Waals surface area contributed by atoms with Crippen LogP contribution in [0.25, 0.3) is 0 Å². The van der Waals surface area contributed by atoms with Gasteiger partial charge in [0.2, 0.25) is 0 Å². The van der Waals surface area contributed by atoms with Gasteiger partial charge >= 0.3 is 12.0 Å². The molecule has 18 heavy (non-hydrogen) atoms. The largest absolute Gasteiger partial charge is 0.497 e. The molecule has 98 valence electrons. The van der Waals surface area contributed by atoms with Crippen molar-refractivity contribution in [2.45, 2.75) is 0 Å². The smallest absolute Gasteiger partial charge is 0.323 e. The number of anilines is 1. The molecule has 0 spiro atoms. The van der Waals surface area contributed by atoms with Crippen molar-refractivity contribution in [1.29, 1.82) is 0 Å². The van der Waals surface area contributed by atoms with E-state index in [0.717, 1.165) is 4.90 Å². The molecule has 6 nitrogen and oxygen atoms in total. The minimum Gasteiger partial charge on any atom is -0.497 e. The Balaban J connectivity index is 2.77. The van der Waals surface area contributed by atoms with Crippen LogP contribution in [0.4, 0.5) is 10.5 Å². The first kappa shape index (κ1) is 14.1. The average molecular weight is 273 g/mol. The Morgan fingerprint density at radius 2 is 2.17 bits per heavy atom. The molecule has 0 aromatic heterocycles. The molecule has 2 N–H and O–H groups in total. The number of nitrogens with zero attached hydrogens (tertiary/aromatic N) is 1. The Kier molecular flexibility index (Phi) is 4.79. The number of halogens is 1. The Morgan fingerprint density at radius 3 is 2.72 bits per heavy atom. The number of urea groups is 1. The molecule has 1 aromatic carbocycles. The minimum atomic E-state index is -1.09. The number of carbonyl (C=O) groups excluding carboxylic acids is 1. The van der Waals surface area contributed by atoms with Crippen LogP contribution in [0.2, 0.25) is 5.02 Å². The lowest BCUT2D eigenvalue weighted by Crippen LogP contribution is -2.35. The summed E-state index contributed by atoms with van der Waals surface area (Å²) in [5.41, 5.74) is 0.359. The van der Waals surface area contributed by atoms with Crippen LogP contribution in [0.5, 0.6) is 5.75 Å². The topological polar surface area (TPSA) is 78.9 Å². The standard InChI is InChI=1S/C11H13ClN2O4/c1-14(6-10(15)16)11(17)13-9-5-7(18-2)3-4-8(9)12/h3-5H,6H2,1-2H3,(H,13,17)(H,15,16). The van der Waals surface area contributed by atoms with Gasteiger partial charge in [-0.2, -0.15) is 0 Å². The van der Waals surface area contributed by atoms with Crippen molar-refractivity contribution < 1.29 is 19.4 Å². The van der Waals surface area contributed by atoms with Gasteiger partial charge in [-0.05, 0) is 12.1 Å². The van der Waals surface area contributed by atoms with Gasteiger partial charge in [0.05, 0.1) is 17.8 Å². The number of carboxylic acids is 1. The molecule has 0 unspecified atom stereocenters. The fourth-order valence-electron chi connectivity index (χ4n) is 1.21. The number of methoxy groups -OCH3 is 1. The van der Waals surface area contributed by atoms with Crippen LogP contribution < -0.4 is 10.1 Å². The Bertz CT molecular complexity index is 464. The number of ether oxygens (including phenoxy) is 1. The third-order valence-corrected chi connectivity index (χ3v) is 2.46. The SMILES string of the molecule is COc1ccc(Cl)c(NC(=O)N(C)CC(=O)O)c1. The van der Waals surface area contributed by atoms with Crippen molar-refractivity contribution in [2.24, 2.45) is 0 Å². The van der Waals surface area contributed by atoms with Gasteiger partial charge in [-0.3, -0.25) is 4.79 Å². The second-order valence-corrected chi connectivity index (χ2v) is 3.93. The lowest BCUT2D eigenvalue weighted by Gasteiger charge is -2.16. The lowest BCUT2D eigenvalue weighted by molar-refractivity contribution is -0.137. The van der Waals surface area contributed by atoms with Crippen molar-refractivity contribution in [1.82, 2.24) is 4.90 Å². The van der Waals surface area contributed by atoms with E-state index < -0.39 is 18.5 Å². The van der Waals surface area contributed by atoms with E-state index in [4.69, 9.17) is 21.4 Å². The van der Waals surface area contributed by atoms with Crippen LogP contribution in [0.3, 0.4) is 0 Å². The summed E-state index contributed by atoms with van der Waals surface area (Å²) in [4.78, 5) is 23.1. The maximum absolute atomic E-state index is 11.7. The maximum Gasteiger partial charge on any atom is 0.323 e. The molecular formula is C11H13ClN2O4. The fraction of sp³-hybridized carbons (Fsp3) is 0.273. The molecular weight excluding hydrogens is 260 g/mol. The molecule has 0 saturated heterocycles. The number of carboxylic acid groups (broad SMARTS) is 1. The molecule has 0 aliphatic carbocycles. The second kappa shape index (κ2) is 6.11. The highest BCUT2D eigenvalue weighted by Crippen LogP contribution is 2.26. The summed E-state index contributed by atoms with van der Waals surface area (Å²) in [6, 6.07) is 4.22. The molecule has 7 heteroatoms. The first-order chi connectivity index (χ1) is 8.43. The zero-order valence-electron chi connectivity index (χ0n) is 9.94. The van der Waals surface area contributed by atoms with Gasteiger partial charge < -0.3 is 20.1 Å². The van der Waals surface area contributed by atoms with E-state index in [9.17, 15) is 9.59 Å². The number of benzene rings is 1. The van der Waals surface area contributed by atoms with Gasteiger partial charge in [-0.15, -0.1) is 0 Å². The van der Waals surface area contributed by atoms with Gasteiger partial charge in [0.15, 0.2) is 0 Å². The summed E-state index contributed by atoms with van der Waals surface area (Å²) in [5, 5.41) is 11.4. The second-order valence-electron chi connectivity index (χ2n) is 3.53. The van der Waals surface area contributed by atoms with Crippen LogP contribution >= 0.6 is 11.6 Å². The highest BCUT2D eigenvalue weighted by Gasteiger charge is 2.13. The number of nitrogens with one attached hydrogen (secondary N) is 1. The number of aliphatic carboxylic acids is 1. The van der Waals surface area contributed by atoms with E-state index in [2.05, 4.69) is 5.32 Å². The normalized spacial score (nSPS) is 9.72. The highest BCUT2D eigenvalue weighted by atomic mass is 35.5. The van der Waals surface area contributed by atoms with E-state index in [1.165, 1.54) is 14.2 Å². The van der Waals surface area contributed by atoms with Gasteiger partial charge in [0, 0.05) is 13.1 Å². The summed E-state index contributed by atoms with van der Waals surface area (Å²) < 4.78 is 5.00. The van der Waals surface area contributed by atoms with Crippen molar-refractivity contribution in [2.75, 3.05) is 26.0 Å². The van der Waals surface area contributed by atoms with E-state index in [1.54, 1.807) is 18.2 Å². The van der Waals surface area contributed by atoms with Crippen LogP contribution in [0.15, 0.2) is 18.2 Å². The number of carbonyl (C=O) groups is 2. The van der Waals surface area contributed by atoms with Gasteiger partial charge in [0.1, 0.15) is 12.3 Å². The van der Waals surface area contributed by atoms with Gasteiger partial charge in [-0.1, -0.05) is 11.6 Å².